The van der Waals surface area contributed by atoms with Gasteiger partial charge in [0.1, 0.15) is 18.0 Å². The molecule has 1 atom stereocenters. The molecule has 7 heteroatoms. The smallest absolute Gasteiger partial charge is 0.237 e. The van der Waals surface area contributed by atoms with Crippen molar-refractivity contribution in [3.8, 4) is 5.75 Å². The Morgan fingerprint density at radius 2 is 2.00 bits per heavy atom. The fourth-order valence-electron chi connectivity index (χ4n) is 3.96. The molecule has 7 nitrogen and oxygen atoms in total. The van der Waals surface area contributed by atoms with Crippen LogP contribution in [0.2, 0.25) is 0 Å². The number of hydrogen-bond acceptors (Lipinski definition) is 5. The van der Waals surface area contributed by atoms with Gasteiger partial charge in [-0.15, -0.1) is 0 Å². The molecule has 1 aliphatic rings. The van der Waals surface area contributed by atoms with Gasteiger partial charge in [-0.2, -0.15) is 0 Å². The lowest BCUT2D eigenvalue weighted by Gasteiger charge is -2.37. The maximum Gasteiger partial charge on any atom is 0.237 e. The molecule has 0 spiro atoms. The topological polar surface area (TPSA) is 62.1 Å². The van der Waals surface area contributed by atoms with Gasteiger partial charge in [0.15, 0.2) is 0 Å². The number of benzene rings is 1. The van der Waals surface area contributed by atoms with E-state index in [0.29, 0.717) is 13.2 Å². The van der Waals surface area contributed by atoms with E-state index in [0.717, 1.165) is 55.4 Å². The van der Waals surface area contributed by atoms with E-state index >= 15 is 0 Å². The number of fused-ring (bicyclic) bond motifs is 1. The van der Waals surface area contributed by atoms with Crippen LogP contribution in [0.1, 0.15) is 18.2 Å². The number of nitrogens with one attached hydrogen (secondary N) is 1. The Morgan fingerprint density at radius 1 is 1.16 bits per heavy atom. The van der Waals surface area contributed by atoms with E-state index in [9.17, 15) is 4.79 Å². The van der Waals surface area contributed by atoms with Crippen LogP contribution in [0.5, 0.6) is 5.75 Å². The summed E-state index contributed by atoms with van der Waals surface area (Å²) < 4.78 is 7.77. The van der Waals surface area contributed by atoms with Gasteiger partial charge in [0.2, 0.25) is 5.91 Å². The number of carbonyl (C=O) groups is 1. The molecule has 31 heavy (non-hydrogen) atoms. The normalized spacial score (nSPS) is 16.3. The highest BCUT2D eigenvalue weighted by atomic mass is 16.5. The SMILES string of the molecule is Cc1cccc(OCCNC(=O)C(C)N2CCN(Cc3cn4ccccc4n3)CC2)c1. The zero-order chi connectivity index (χ0) is 21.6. The number of pyridine rings is 1. The Balaban J connectivity index is 1.17. The second kappa shape index (κ2) is 9.94. The van der Waals surface area contributed by atoms with Crippen LogP contribution in [0.15, 0.2) is 54.9 Å². The van der Waals surface area contributed by atoms with Gasteiger partial charge in [-0.05, 0) is 43.7 Å². The highest BCUT2D eigenvalue weighted by molar-refractivity contribution is 5.81. The van der Waals surface area contributed by atoms with Gasteiger partial charge < -0.3 is 14.5 Å². The highest BCUT2D eigenvalue weighted by Crippen LogP contribution is 2.13. The molecule has 0 aliphatic carbocycles. The van der Waals surface area contributed by atoms with Crippen LogP contribution in [0, 0.1) is 6.92 Å². The van der Waals surface area contributed by atoms with Gasteiger partial charge in [-0.1, -0.05) is 18.2 Å². The molecule has 2 aromatic heterocycles. The predicted molar refractivity (Wildman–Crippen MR) is 121 cm³/mol. The average Bonchev–Trinajstić information content (AvgIpc) is 3.19. The summed E-state index contributed by atoms with van der Waals surface area (Å²) in [5.74, 6) is 0.894. The van der Waals surface area contributed by atoms with Crippen LogP contribution < -0.4 is 10.1 Å². The maximum absolute atomic E-state index is 12.5. The zero-order valence-electron chi connectivity index (χ0n) is 18.3. The van der Waals surface area contributed by atoms with Crippen LogP contribution in [0.3, 0.4) is 0 Å². The van der Waals surface area contributed by atoms with E-state index in [4.69, 9.17) is 4.74 Å². The third-order valence-corrected chi connectivity index (χ3v) is 5.79. The first-order chi connectivity index (χ1) is 15.1. The first kappa shape index (κ1) is 21.3. The van der Waals surface area contributed by atoms with Gasteiger partial charge in [-0.25, -0.2) is 4.98 Å². The van der Waals surface area contributed by atoms with E-state index in [2.05, 4.69) is 30.7 Å². The van der Waals surface area contributed by atoms with Crippen molar-refractivity contribution in [2.75, 3.05) is 39.3 Å². The molecule has 1 unspecified atom stereocenters. The average molecular weight is 422 g/mol. The van der Waals surface area contributed by atoms with Gasteiger partial charge in [0, 0.05) is 45.1 Å². The number of amides is 1. The van der Waals surface area contributed by atoms with Crippen LogP contribution >= 0.6 is 0 Å². The largest absolute Gasteiger partial charge is 0.492 e. The van der Waals surface area contributed by atoms with E-state index in [-0.39, 0.29) is 11.9 Å². The number of piperazine rings is 1. The lowest BCUT2D eigenvalue weighted by Crippen LogP contribution is -2.53. The van der Waals surface area contributed by atoms with Crippen LogP contribution in [0.25, 0.3) is 5.65 Å². The molecular formula is C24H31N5O2. The van der Waals surface area contributed by atoms with E-state index < -0.39 is 0 Å². The summed E-state index contributed by atoms with van der Waals surface area (Å²) in [6, 6.07) is 13.8. The standard InChI is InChI=1S/C24H31N5O2/c1-19-6-5-7-22(16-19)31-15-9-25-24(30)20(2)28-13-11-27(12-14-28)17-21-18-29-10-4-3-8-23(29)26-21/h3-8,10,16,18,20H,9,11-15,17H2,1-2H3,(H,25,30). The Hall–Kier alpha value is -2.90. The third kappa shape index (κ3) is 5.62. The van der Waals surface area contributed by atoms with Crippen molar-refractivity contribution < 1.29 is 9.53 Å². The van der Waals surface area contributed by atoms with Crippen molar-refractivity contribution in [3.63, 3.8) is 0 Å². The van der Waals surface area contributed by atoms with E-state index in [1.54, 1.807) is 0 Å². The predicted octanol–water partition coefficient (Wildman–Crippen LogP) is 2.34. The van der Waals surface area contributed by atoms with E-state index in [1.165, 1.54) is 0 Å². The fraction of sp³-hybridized carbons (Fsp3) is 0.417. The number of carbonyl (C=O) groups excluding carboxylic acids is 1. The molecule has 3 heterocycles. The molecule has 1 saturated heterocycles. The molecule has 1 fully saturated rings. The second-order valence-electron chi connectivity index (χ2n) is 8.14. The summed E-state index contributed by atoms with van der Waals surface area (Å²) >= 11 is 0. The zero-order valence-corrected chi connectivity index (χ0v) is 18.3. The van der Waals surface area contributed by atoms with Crippen LogP contribution in [-0.2, 0) is 11.3 Å². The summed E-state index contributed by atoms with van der Waals surface area (Å²) in [5.41, 5.74) is 3.22. The molecule has 1 aliphatic heterocycles. The highest BCUT2D eigenvalue weighted by Gasteiger charge is 2.25. The Morgan fingerprint density at radius 3 is 2.77 bits per heavy atom. The number of aryl methyl sites for hydroxylation is 1. The second-order valence-corrected chi connectivity index (χ2v) is 8.14. The number of nitrogens with zero attached hydrogens (tertiary/aromatic N) is 4. The first-order valence-corrected chi connectivity index (χ1v) is 10.9. The first-order valence-electron chi connectivity index (χ1n) is 10.9. The number of rotatable bonds is 8. The third-order valence-electron chi connectivity index (χ3n) is 5.79. The van der Waals surface area contributed by atoms with Crippen molar-refractivity contribution in [1.29, 1.82) is 0 Å². The minimum Gasteiger partial charge on any atom is -0.492 e. The minimum atomic E-state index is -0.142. The van der Waals surface area contributed by atoms with Crippen molar-refractivity contribution in [1.82, 2.24) is 24.5 Å². The molecular weight excluding hydrogens is 390 g/mol. The number of hydrogen-bond donors (Lipinski definition) is 1. The summed E-state index contributed by atoms with van der Waals surface area (Å²) in [7, 11) is 0. The molecule has 3 aromatic rings. The molecule has 1 aromatic carbocycles. The minimum absolute atomic E-state index is 0.0571. The van der Waals surface area contributed by atoms with Gasteiger partial charge in [-0.3, -0.25) is 14.6 Å². The van der Waals surface area contributed by atoms with Crippen molar-refractivity contribution in [2.24, 2.45) is 0 Å². The molecule has 0 saturated carbocycles. The maximum atomic E-state index is 12.5. The fourth-order valence-corrected chi connectivity index (χ4v) is 3.96. The van der Waals surface area contributed by atoms with E-state index in [1.807, 2.05) is 62.5 Å². The summed E-state index contributed by atoms with van der Waals surface area (Å²) in [4.78, 5) is 21.9. The van der Waals surface area contributed by atoms with Gasteiger partial charge >= 0.3 is 0 Å². The van der Waals surface area contributed by atoms with Crippen molar-refractivity contribution >= 4 is 11.6 Å². The number of aromatic nitrogens is 2. The molecule has 1 amide bonds. The van der Waals surface area contributed by atoms with Crippen molar-refractivity contribution in [2.45, 2.75) is 26.4 Å². The molecule has 1 N–H and O–H groups in total. The Labute approximate surface area is 183 Å². The lowest BCUT2D eigenvalue weighted by molar-refractivity contribution is -0.126. The summed E-state index contributed by atoms with van der Waals surface area (Å²) in [6.07, 6.45) is 4.12. The quantitative estimate of drug-likeness (QED) is 0.566. The van der Waals surface area contributed by atoms with Crippen LogP contribution in [-0.4, -0.2) is 70.5 Å². The van der Waals surface area contributed by atoms with Crippen molar-refractivity contribution in [3.05, 3.63) is 66.1 Å². The lowest BCUT2D eigenvalue weighted by atomic mass is 10.2. The molecule has 0 radical (unpaired) electrons. The van der Waals surface area contributed by atoms with Gasteiger partial charge in [0.05, 0.1) is 18.3 Å². The van der Waals surface area contributed by atoms with Crippen LogP contribution in [0.4, 0.5) is 0 Å². The molecule has 0 bridgehead atoms. The molecule has 164 valence electrons. The summed E-state index contributed by atoms with van der Waals surface area (Å²) in [6.45, 7) is 9.45. The number of ether oxygens (including phenoxy) is 1. The Bertz CT molecular complexity index is 977. The summed E-state index contributed by atoms with van der Waals surface area (Å²) in [5, 5.41) is 3.00. The Kier molecular flexibility index (Phi) is 6.84. The molecule has 4 rings (SSSR count). The van der Waals surface area contributed by atoms with Gasteiger partial charge in [0.25, 0.3) is 0 Å². The number of imidazole rings is 1. The monoisotopic (exact) mass is 421 g/mol.